The summed E-state index contributed by atoms with van der Waals surface area (Å²) in [5.74, 6) is 0.382. The third-order valence-corrected chi connectivity index (χ3v) is 5.13. The molecule has 0 unspecified atom stereocenters. The smallest absolute Gasteiger partial charge is 0.407 e. The zero-order valence-electron chi connectivity index (χ0n) is 19.1. The average molecular weight is 433 g/mol. The van der Waals surface area contributed by atoms with Crippen molar-refractivity contribution >= 4 is 18.0 Å². The summed E-state index contributed by atoms with van der Waals surface area (Å²) >= 11 is 0. The summed E-state index contributed by atoms with van der Waals surface area (Å²) in [4.78, 5) is 39.8. The first-order chi connectivity index (χ1) is 14.6. The molecule has 0 saturated carbocycles. The van der Waals surface area contributed by atoms with Crippen LogP contribution in [0.2, 0.25) is 0 Å². The quantitative estimate of drug-likeness (QED) is 0.693. The molecule has 2 N–H and O–H groups in total. The van der Waals surface area contributed by atoms with Gasteiger partial charge < -0.3 is 25.2 Å². The first kappa shape index (κ1) is 24.5. The molecule has 1 saturated heterocycles. The van der Waals surface area contributed by atoms with Gasteiger partial charge in [0.1, 0.15) is 5.60 Å². The van der Waals surface area contributed by atoms with Crippen LogP contribution in [0.1, 0.15) is 45.6 Å². The van der Waals surface area contributed by atoms with Crippen molar-refractivity contribution in [2.75, 3.05) is 33.2 Å². The van der Waals surface area contributed by atoms with E-state index in [-0.39, 0.29) is 18.4 Å². The number of ether oxygens (including phenoxy) is 1. The van der Waals surface area contributed by atoms with Crippen molar-refractivity contribution in [3.63, 3.8) is 0 Å². The summed E-state index contributed by atoms with van der Waals surface area (Å²) in [6.07, 6.45) is 1.56. The van der Waals surface area contributed by atoms with E-state index in [2.05, 4.69) is 10.6 Å². The van der Waals surface area contributed by atoms with Crippen LogP contribution in [0.5, 0.6) is 0 Å². The van der Waals surface area contributed by atoms with Crippen LogP contribution in [0.15, 0.2) is 30.3 Å². The minimum atomic E-state index is -0.508. The van der Waals surface area contributed by atoms with Crippen molar-refractivity contribution in [1.82, 2.24) is 20.4 Å². The zero-order chi connectivity index (χ0) is 22.9. The maximum Gasteiger partial charge on any atom is 0.407 e. The number of rotatable bonds is 7. The van der Waals surface area contributed by atoms with Crippen LogP contribution in [-0.2, 0) is 16.1 Å². The predicted octanol–water partition coefficient (Wildman–Crippen LogP) is 2.98. The van der Waals surface area contributed by atoms with Crippen LogP contribution in [0.4, 0.5) is 9.59 Å². The topological polar surface area (TPSA) is 91.0 Å². The largest absolute Gasteiger partial charge is 0.444 e. The molecule has 1 aliphatic rings. The second kappa shape index (κ2) is 11.6. The van der Waals surface area contributed by atoms with Gasteiger partial charge in [-0.2, -0.15) is 0 Å². The number of hydrogen-bond acceptors (Lipinski definition) is 4. The zero-order valence-corrected chi connectivity index (χ0v) is 19.1. The Kier molecular flexibility index (Phi) is 9.15. The third-order valence-electron chi connectivity index (χ3n) is 5.13. The molecule has 0 radical (unpaired) electrons. The molecule has 0 bridgehead atoms. The van der Waals surface area contributed by atoms with Crippen molar-refractivity contribution in [1.29, 1.82) is 0 Å². The van der Waals surface area contributed by atoms with E-state index in [0.717, 1.165) is 18.4 Å². The van der Waals surface area contributed by atoms with Gasteiger partial charge in [0.05, 0.1) is 0 Å². The first-order valence-corrected chi connectivity index (χ1v) is 10.9. The number of piperidine rings is 1. The molecule has 1 aromatic carbocycles. The van der Waals surface area contributed by atoms with Gasteiger partial charge in [-0.3, -0.25) is 4.79 Å². The van der Waals surface area contributed by atoms with E-state index >= 15 is 0 Å². The second-order valence-electron chi connectivity index (χ2n) is 9.03. The highest BCUT2D eigenvalue weighted by molar-refractivity contribution is 5.78. The van der Waals surface area contributed by atoms with Crippen molar-refractivity contribution in [3.05, 3.63) is 35.9 Å². The number of carbonyl (C=O) groups excluding carboxylic acids is 3. The van der Waals surface area contributed by atoms with Gasteiger partial charge in [0.15, 0.2) is 0 Å². The van der Waals surface area contributed by atoms with Crippen LogP contribution in [-0.4, -0.2) is 66.7 Å². The molecule has 0 atom stereocenters. The molecule has 8 nitrogen and oxygen atoms in total. The fourth-order valence-corrected chi connectivity index (χ4v) is 3.43. The summed E-state index contributed by atoms with van der Waals surface area (Å²) in [6.45, 7) is 8.23. The summed E-state index contributed by atoms with van der Waals surface area (Å²) in [5, 5.41) is 5.62. The van der Waals surface area contributed by atoms with Crippen LogP contribution in [0.3, 0.4) is 0 Å². The number of nitrogens with zero attached hydrogens (tertiary/aromatic N) is 2. The lowest BCUT2D eigenvalue weighted by Gasteiger charge is -2.32. The Labute approximate surface area is 185 Å². The fraction of sp³-hybridized carbons (Fsp3) is 0.609. The highest BCUT2D eigenvalue weighted by Gasteiger charge is 2.24. The van der Waals surface area contributed by atoms with Crippen molar-refractivity contribution in [2.24, 2.45) is 5.92 Å². The number of alkyl carbamates (subject to hydrolysis) is 1. The van der Waals surface area contributed by atoms with E-state index in [0.29, 0.717) is 38.6 Å². The van der Waals surface area contributed by atoms with Crippen LogP contribution in [0.25, 0.3) is 0 Å². The van der Waals surface area contributed by atoms with E-state index in [9.17, 15) is 14.4 Å². The number of likely N-dealkylation sites (tertiary alicyclic amines) is 1. The van der Waals surface area contributed by atoms with Gasteiger partial charge in [-0.05, 0) is 45.1 Å². The molecule has 1 heterocycles. The van der Waals surface area contributed by atoms with Crippen LogP contribution >= 0.6 is 0 Å². The molecular formula is C23H36N4O4. The van der Waals surface area contributed by atoms with Crippen molar-refractivity contribution in [2.45, 2.75) is 52.2 Å². The molecule has 2 rings (SSSR count). The molecule has 8 heteroatoms. The first-order valence-electron chi connectivity index (χ1n) is 10.9. The van der Waals surface area contributed by atoms with Gasteiger partial charge in [0.25, 0.3) is 0 Å². The molecule has 31 heavy (non-hydrogen) atoms. The number of benzene rings is 1. The fourth-order valence-electron chi connectivity index (χ4n) is 3.43. The van der Waals surface area contributed by atoms with E-state index in [1.54, 1.807) is 11.9 Å². The molecule has 0 spiro atoms. The molecule has 1 aliphatic heterocycles. The van der Waals surface area contributed by atoms with E-state index in [4.69, 9.17) is 4.74 Å². The van der Waals surface area contributed by atoms with Gasteiger partial charge in [-0.25, -0.2) is 9.59 Å². The van der Waals surface area contributed by atoms with Crippen molar-refractivity contribution in [3.8, 4) is 0 Å². The Bertz CT molecular complexity index is 725. The maximum atomic E-state index is 12.4. The normalized spacial score (nSPS) is 14.6. The summed E-state index contributed by atoms with van der Waals surface area (Å²) < 4.78 is 5.25. The van der Waals surface area contributed by atoms with Crippen LogP contribution in [0, 0.1) is 5.92 Å². The Hall–Kier alpha value is -2.77. The average Bonchev–Trinajstić information content (AvgIpc) is 2.72. The Morgan fingerprint density at radius 3 is 2.35 bits per heavy atom. The van der Waals surface area contributed by atoms with Gasteiger partial charge in [-0.1, -0.05) is 30.3 Å². The van der Waals surface area contributed by atoms with Gasteiger partial charge in [0, 0.05) is 46.2 Å². The Morgan fingerprint density at radius 2 is 1.74 bits per heavy atom. The van der Waals surface area contributed by atoms with Gasteiger partial charge in [-0.15, -0.1) is 0 Å². The minimum absolute atomic E-state index is 0.0459. The Balaban J connectivity index is 1.61. The standard InChI is InChI=1S/C23H36N4O4/c1-23(2,3)31-22(30)25-16-18-11-14-27(15-12-18)20(28)10-13-24-21(29)26(4)17-19-8-6-5-7-9-19/h5-9,18H,10-17H2,1-4H3,(H,24,29)(H,25,30). The van der Waals surface area contributed by atoms with Crippen LogP contribution < -0.4 is 10.6 Å². The predicted molar refractivity (Wildman–Crippen MR) is 119 cm³/mol. The molecule has 172 valence electrons. The molecule has 0 aliphatic carbocycles. The van der Waals surface area contributed by atoms with E-state index in [1.165, 1.54) is 0 Å². The minimum Gasteiger partial charge on any atom is -0.444 e. The van der Waals surface area contributed by atoms with Gasteiger partial charge in [0.2, 0.25) is 5.91 Å². The number of nitrogens with one attached hydrogen (secondary N) is 2. The van der Waals surface area contributed by atoms with E-state index < -0.39 is 11.7 Å². The van der Waals surface area contributed by atoms with Crippen molar-refractivity contribution < 1.29 is 19.1 Å². The molecule has 4 amide bonds. The lowest BCUT2D eigenvalue weighted by Crippen LogP contribution is -2.43. The lowest BCUT2D eigenvalue weighted by atomic mass is 9.96. The molecule has 1 aromatic rings. The van der Waals surface area contributed by atoms with Gasteiger partial charge >= 0.3 is 12.1 Å². The monoisotopic (exact) mass is 432 g/mol. The third kappa shape index (κ3) is 9.27. The highest BCUT2D eigenvalue weighted by Crippen LogP contribution is 2.17. The molecule has 0 aromatic heterocycles. The Morgan fingerprint density at radius 1 is 1.10 bits per heavy atom. The molecular weight excluding hydrogens is 396 g/mol. The summed E-state index contributed by atoms with van der Waals surface area (Å²) in [6, 6.07) is 9.58. The lowest BCUT2D eigenvalue weighted by molar-refractivity contribution is -0.132. The molecule has 1 fully saturated rings. The number of amides is 4. The van der Waals surface area contributed by atoms with E-state index in [1.807, 2.05) is 56.0 Å². The number of hydrogen-bond donors (Lipinski definition) is 2. The SMILES string of the molecule is CN(Cc1ccccc1)C(=O)NCCC(=O)N1CCC(CNC(=O)OC(C)(C)C)CC1. The highest BCUT2D eigenvalue weighted by atomic mass is 16.6. The summed E-state index contributed by atoms with van der Waals surface area (Å²) in [5.41, 5.74) is 0.547. The second-order valence-corrected chi connectivity index (χ2v) is 9.03. The number of carbonyl (C=O) groups is 3. The number of urea groups is 1. The summed E-state index contributed by atoms with van der Waals surface area (Å²) in [7, 11) is 1.74. The maximum absolute atomic E-state index is 12.4.